The van der Waals surface area contributed by atoms with E-state index in [1.54, 1.807) is 24.3 Å². The first-order valence-electron chi connectivity index (χ1n) is 10.3. The van der Waals surface area contributed by atoms with Crippen LogP contribution in [0, 0.1) is 11.6 Å². The molecule has 2 amide bonds. The van der Waals surface area contributed by atoms with Crippen LogP contribution in [0.1, 0.15) is 45.3 Å². The van der Waals surface area contributed by atoms with Gasteiger partial charge in [0.25, 0.3) is 0 Å². The molecule has 2 aliphatic rings. The Balaban J connectivity index is 1.53. The minimum Gasteiger partial charge on any atom is -0.312 e. The molecule has 1 atom stereocenters. The average Bonchev–Trinajstić information content (AvgIpc) is 3.14. The van der Waals surface area contributed by atoms with E-state index in [-0.39, 0.29) is 23.7 Å². The van der Waals surface area contributed by atoms with Crippen LogP contribution in [0.25, 0.3) is 0 Å². The van der Waals surface area contributed by atoms with E-state index in [4.69, 9.17) is 0 Å². The van der Waals surface area contributed by atoms with Crippen molar-refractivity contribution < 1.29 is 13.6 Å². The molecule has 3 aromatic rings. The second-order valence-electron chi connectivity index (χ2n) is 7.89. The number of rotatable bonds is 2. The number of nitrogens with zero attached hydrogens (tertiary/aromatic N) is 1. The number of anilines is 1. The van der Waals surface area contributed by atoms with Crippen LogP contribution >= 0.6 is 11.3 Å². The maximum atomic E-state index is 13.6. The lowest BCUT2D eigenvalue weighted by atomic mass is 9.88. The molecular weight excluding hydrogens is 402 g/mol. The van der Waals surface area contributed by atoms with Crippen LogP contribution in [0.4, 0.5) is 19.3 Å². The van der Waals surface area contributed by atoms with Crippen molar-refractivity contribution in [3.8, 4) is 0 Å². The highest BCUT2D eigenvalue weighted by atomic mass is 32.1. The normalized spacial score (nSPS) is 17.9. The Hall–Kier alpha value is -2.73. The number of aryl methyl sites for hydroxylation is 1. The molecule has 2 heterocycles. The van der Waals surface area contributed by atoms with E-state index in [9.17, 15) is 13.6 Å². The van der Waals surface area contributed by atoms with Crippen molar-refractivity contribution in [1.29, 1.82) is 0 Å². The van der Waals surface area contributed by atoms with Crippen molar-refractivity contribution in [3.05, 3.63) is 86.6 Å². The lowest BCUT2D eigenvalue weighted by Crippen LogP contribution is -2.42. The van der Waals surface area contributed by atoms with Crippen molar-refractivity contribution in [2.75, 3.05) is 11.9 Å². The number of fused-ring (bicyclic) bond motifs is 3. The summed E-state index contributed by atoms with van der Waals surface area (Å²) in [7, 11) is 0. The Bertz CT molecular complexity index is 1080. The van der Waals surface area contributed by atoms with Crippen molar-refractivity contribution in [2.24, 2.45) is 0 Å². The quantitative estimate of drug-likeness (QED) is 0.531. The molecule has 0 fully saturated rings. The van der Waals surface area contributed by atoms with Crippen molar-refractivity contribution in [3.63, 3.8) is 0 Å². The zero-order valence-electron chi connectivity index (χ0n) is 16.5. The second-order valence-corrected chi connectivity index (χ2v) is 9.02. The molecule has 2 aromatic carbocycles. The molecular formula is C24H22F2N2OS. The van der Waals surface area contributed by atoms with Crippen LogP contribution < -0.4 is 5.32 Å². The molecule has 0 saturated heterocycles. The third kappa shape index (κ3) is 3.49. The van der Waals surface area contributed by atoms with Crippen molar-refractivity contribution >= 4 is 23.1 Å². The number of hydrogen-bond donors (Lipinski definition) is 1. The van der Waals surface area contributed by atoms with Gasteiger partial charge in [0.1, 0.15) is 11.6 Å². The van der Waals surface area contributed by atoms with Gasteiger partial charge in [-0.1, -0.05) is 12.1 Å². The van der Waals surface area contributed by atoms with E-state index in [0.717, 1.165) is 24.8 Å². The predicted octanol–water partition coefficient (Wildman–Crippen LogP) is 6.08. The van der Waals surface area contributed by atoms with Crippen molar-refractivity contribution in [2.45, 2.75) is 38.1 Å². The molecule has 154 valence electrons. The highest BCUT2D eigenvalue weighted by molar-refractivity contribution is 7.12. The summed E-state index contributed by atoms with van der Waals surface area (Å²) < 4.78 is 26.8. The summed E-state index contributed by atoms with van der Waals surface area (Å²) >= 11 is 1.81. The van der Waals surface area contributed by atoms with Gasteiger partial charge < -0.3 is 10.2 Å². The fourth-order valence-electron chi connectivity index (χ4n) is 4.57. The maximum absolute atomic E-state index is 13.6. The van der Waals surface area contributed by atoms with Gasteiger partial charge >= 0.3 is 6.03 Å². The first-order valence-corrected chi connectivity index (χ1v) is 11.1. The largest absolute Gasteiger partial charge is 0.322 e. The molecule has 30 heavy (non-hydrogen) atoms. The zero-order chi connectivity index (χ0) is 20.7. The minimum absolute atomic E-state index is 0.229. The molecule has 1 aliphatic carbocycles. The fourth-order valence-corrected chi connectivity index (χ4v) is 6.16. The molecule has 0 spiro atoms. The van der Waals surface area contributed by atoms with E-state index in [0.29, 0.717) is 12.2 Å². The van der Waals surface area contributed by atoms with Gasteiger partial charge in [-0.25, -0.2) is 13.6 Å². The number of carbonyl (C=O) groups excluding carboxylic acids is 1. The van der Waals surface area contributed by atoms with Gasteiger partial charge in [-0.2, -0.15) is 0 Å². The van der Waals surface area contributed by atoms with E-state index in [1.165, 1.54) is 58.0 Å². The number of thiophene rings is 1. The molecule has 0 radical (unpaired) electrons. The number of benzene rings is 2. The molecule has 1 unspecified atom stereocenters. The molecule has 0 bridgehead atoms. The number of amides is 2. The Morgan fingerprint density at radius 3 is 2.30 bits per heavy atom. The summed E-state index contributed by atoms with van der Waals surface area (Å²) in [5.41, 5.74) is 4.32. The Labute approximate surface area is 178 Å². The number of nitrogens with one attached hydrogen (secondary N) is 1. The third-order valence-corrected chi connectivity index (χ3v) is 7.40. The highest BCUT2D eigenvalue weighted by Gasteiger charge is 2.36. The van der Waals surface area contributed by atoms with Crippen LogP contribution in [-0.4, -0.2) is 17.5 Å². The predicted molar refractivity (Wildman–Crippen MR) is 115 cm³/mol. The second kappa shape index (κ2) is 7.84. The highest BCUT2D eigenvalue weighted by Crippen LogP contribution is 2.45. The summed E-state index contributed by atoms with van der Waals surface area (Å²) in [6.07, 6.45) is 5.47. The lowest BCUT2D eigenvalue weighted by Gasteiger charge is -2.36. The number of urea groups is 1. The van der Waals surface area contributed by atoms with Gasteiger partial charge in [0.2, 0.25) is 0 Å². The summed E-state index contributed by atoms with van der Waals surface area (Å²) in [5.74, 6) is -0.633. The van der Waals surface area contributed by atoms with Gasteiger partial charge in [-0.3, -0.25) is 0 Å². The van der Waals surface area contributed by atoms with E-state index >= 15 is 0 Å². The van der Waals surface area contributed by atoms with Crippen LogP contribution in [0.15, 0.2) is 48.5 Å². The molecule has 3 nitrogen and oxygen atoms in total. The molecule has 0 saturated carbocycles. The number of halogens is 2. The number of carbonyl (C=O) groups is 1. The summed E-state index contributed by atoms with van der Waals surface area (Å²) in [6, 6.07) is 11.7. The minimum atomic E-state index is -0.344. The molecule has 6 heteroatoms. The van der Waals surface area contributed by atoms with E-state index < -0.39 is 0 Å². The molecule has 5 rings (SSSR count). The Kier molecular flexibility index (Phi) is 5.03. The van der Waals surface area contributed by atoms with Gasteiger partial charge in [0.05, 0.1) is 6.04 Å². The summed E-state index contributed by atoms with van der Waals surface area (Å²) in [5, 5.41) is 2.89. The van der Waals surface area contributed by atoms with Gasteiger partial charge in [0.15, 0.2) is 0 Å². The van der Waals surface area contributed by atoms with Gasteiger partial charge in [-0.05, 0) is 85.2 Å². The van der Waals surface area contributed by atoms with E-state index in [1.807, 2.05) is 16.2 Å². The zero-order valence-corrected chi connectivity index (χ0v) is 17.3. The van der Waals surface area contributed by atoms with Crippen LogP contribution in [0.3, 0.4) is 0 Å². The van der Waals surface area contributed by atoms with Gasteiger partial charge in [-0.15, -0.1) is 11.3 Å². The van der Waals surface area contributed by atoms with Crippen LogP contribution in [0.5, 0.6) is 0 Å². The van der Waals surface area contributed by atoms with Crippen molar-refractivity contribution in [1.82, 2.24) is 4.90 Å². The molecule has 1 aliphatic heterocycles. The SMILES string of the molecule is O=C(Nc1ccc(F)cc1)N1CCc2c(sc3c2CCCC3)C1c1ccc(F)cc1. The van der Waals surface area contributed by atoms with E-state index in [2.05, 4.69) is 5.32 Å². The Morgan fingerprint density at radius 1 is 0.900 bits per heavy atom. The molecule has 1 N–H and O–H groups in total. The van der Waals surface area contributed by atoms with Gasteiger partial charge in [0, 0.05) is 22.0 Å². The smallest absolute Gasteiger partial charge is 0.312 e. The van der Waals surface area contributed by atoms with Crippen LogP contribution in [-0.2, 0) is 19.3 Å². The lowest BCUT2D eigenvalue weighted by molar-refractivity contribution is 0.195. The first-order chi connectivity index (χ1) is 14.6. The van der Waals surface area contributed by atoms with Crippen LogP contribution in [0.2, 0.25) is 0 Å². The third-order valence-electron chi connectivity index (χ3n) is 6.02. The first kappa shape index (κ1) is 19.2. The number of hydrogen-bond acceptors (Lipinski definition) is 2. The molecule has 1 aromatic heterocycles. The fraction of sp³-hybridized carbons (Fsp3) is 0.292. The Morgan fingerprint density at radius 2 is 1.57 bits per heavy atom. The topological polar surface area (TPSA) is 32.3 Å². The summed E-state index contributed by atoms with van der Waals surface area (Å²) in [4.78, 5) is 17.7. The standard InChI is InChI=1S/C24H22F2N2OS/c25-16-7-5-15(6-8-16)22-23-20(19-3-1-2-4-21(19)30-23)13-14-28(22)24(29)27-18-11-9-17(26)10-12-18/h5-12,22H,1-4,13-14H2,(H,27,29). The monoisotopic (exact) mass is 424 g/mol. The summed E-state index contributed by atoms with van der Waals surface area (Å²) in [6.45, 7) is 0.589. The maximum Gasteiger partial charge on any atom is 0.322 e. The average molecular weight is 425 g/mol.